The molecular formula is C13H22N4O3. The largest absolute Gasteiger partial charge is 0.394 e. The lowest BCUT2D eigenvalue weighted by atomic mass is 10.2. The van der Waals surface area contributed by atoms with Crippen LogP contribution in [0.25, 0.3) is 0 Å². The van der Waals surface area contributed by atoms with Crippen molar-refractivity contribution in [3.05, 3.63) is 20.8 Å². The van der Waals surface area contributed by atoms with Gasteiger partial charge in [0, 0.05) is 13.6 Å². The molecule has 1 saturated carbocycles. The van der Waals surface area contributed by atoms with Crippen molar-refractivity contribution in [2.45, 2.75) is 38.8 Å². The molecule has 1 aliphatic carbocycles. The monoisotopic (exact) mass is 282 g/mol. The zero-order valence-corrected chi connectivity index (χ0v) is 12.1. The third kappa shape index (κ3) is 2.45. The number of anilines is 2. The normalized spacial score (nSPS) is 16.4. The van der Waals surface area contributed by atoms with Crippen LogP contribution in [0.15, 0.2) is 9.59 Å². The van der Waals surface area contributed by atoms with Gasteiger partial charge in [-0.1, -0.05) is 13.8 Å². The molecule has 0 atom stereocenters. The second-order valence-corrected chi connectivity index (χ2v) is 5.97. The summed E-state index contributed by atoms with van der Waals surface area (Å²) in [5.41, 5.74) is 4.88. The average Bonchev–Trinajstić information content (AvgIpc) is 3.18. The number of aliphatic hydroxyl groups excluding tert-OH is 1. The SMILES string of the molecule is CC(C)Cn1c(N)c(NC2(CO)CC2)c(=O)n(C)c1=O. The highest BCUT2D eigenvalue weighted by atomic mass is 16.3. The van der Waals surface area contributed by atoms with E-state index >= 15 is 0 Å². The Labute approximate surface area is 117 Å². The number of hydrogen-bond acceptors (Lipinski definition) is 5. The summed E-state index contributed by atoms with van der Waals surface area (Å²) in [7, 11) is 1.44. The molecule has 0 radical (unpaired) electrons. The van der Waals surface area contributed by atoms with E-state index in [-0.39, 0.29) is 24.0 Å². The Morgan fingerprint density at radius 2 is 2.00 bits per heavy atom. The van der Waals surface area contributed by atoms with Crippen LogP contribution < -0.4 is 22.3 Å². The van der Waals surface area contributed by atoms with Gasteiger partial charge in [0.15, 0.2) is 0 Å². The molecule has 0 spiro atoms. The molecule has 0 amide bonds. The van der Waals surface area contributed by atoms with Crippen molar-refractivity contribution >= 4 is 11.5 Å². The van der Waals surface area contributed by atoms with Crippen molar-refractivity contribution in [3.63, 3.8) is 0 Å². The zero-order valence-electron chi connectivity index (χ0n) is 12.1. The Hall–Kier alpha value is -1.76. The molecule has 0 aliphatic heterocycles. The van der Waals surface area contributed by atoms with Gasteiger partial charge in [-0.25, -0.2) is 4.79 Å². The van der Waals surface area contributed by atoms with Gasteiger partial charge in [-0.15, -0.1) is 0 Å². The smallest absolute Gasteiger partial charge is 0.332 e. The van der Waals surface area contributed by atoms with E-state index < -0.39 is 16.8 Å². The first kappa shape index (κ1) is 14.6. The topological polar surface area (TPSA) is 102 Å². The van der Waals surface area contributed by atoms with E-state index in [1.807, 2.05) is 13.8 Å². The van der Waals surface area contributed by atoms with Gasteiger partial charge in [0.2, 0.25) is 0 Å². The van der Waals surface area contributed by atoms with Crippen LogP contribution in [0.5, 0.6) is 0 Å². The highest BCUT2D eigenvalue weighted by Gasteiger charge is 2.43. The highest BCUT2D eigenvalue weighted by molar-refractivity contribution is 5.62. The fourth-order valence-electron chi connectivity index (χ4n) is 2.18. The lowest BCUT2D eigenvalue weighted by Gasteiger charge is -2.21. The molecule has 0 unspecified atom stereocenters. The van der Waals surface area contributed by atoms with E-state index in [0.29, 0.717) is 6.54 Å². The maximum atomic E-state index is 12.2. The molecular weight excluding hydrogens is 260 g/mol. The van der Waals surface area contributed by atoms with Gasteiger partial charge in [-0.2, -0.15) is 0 Å². The first-order valence-corrected chi connectivity index (χ1v) is 6.79. The number of hydrogen-bond donors (Lipinski definition) is 3. The third-order valence-corrected chi connectivity index (χ3v) is 3.68. The summed E-state index contributed by atoms with van der Waals surface area (Å²) in [5, 5.41) is 12.4. The Balaban J connectivity index is 2.54. The van der Waals surface area contributed by atoms with Gasteiger partial charge >= 0.3 is 5.69 Å². The van der Waals surface area contributed by atoms with E-state index in [4.69, 9.17) is 5.73 Å². The lowest BCUT2D eigenvalue weighted by Crippen LogP contribution is -2.43. The van der Waals surface area contributed by atoms with Crippen molar-refractivity contribution in [2.24, 2.45) is 13.0 Å². The van der Waals surface area contributed by atoms with Crippen molar-refractivity contribution < 1.29 is 5.11 Å². The second kappa shape index (κ2) is 4.97. The molecule has 112 valence electrons. The van der Waals surface area contributed by atoms with Crippen molar-refractivity contribution in [1.82, 2.24) is 9.13 Å². The summed E-state index contributed by atoms with van der Waals surface area (Å²) in [6, 6.07) is 0. The first-order valence-electron chi connectivity index (χ1n) is 6.79. The average molecular weight is 282 g/mol. The van der Waals surface area contributed by atoms with E-state index in [0.717, 1.165) is 17.4 Å². The zero-order chi connectivity index (χ0) is 15.1. The van der Waals surface area contributed by atoms with Crippen molar-refractivity contribution in [3.8, 4) is 0 Å². The van der Waals surface area contributed by atoms with E-state index in [2.05, 4.69) is 5.32 Å². The van der Waals surface area contributed by atoms with Gasteiger partial charge in [0.25, 0.3) is 5.56 Å². The summed E-state index contributed by atoms with van der Waals surface area (Å²) >= 11 is 0. The molecule has 2 rings (SSSR count). The third-order valence-electron chi connectivity index (χ3n) is 3.68. The van der Waals surface area contributed by atoms with Crippen LogP contribution in [-0.4, -0.2) is 26.4 Å². The fraction of sp³-hybridized carbons (Fsp3) is 0.692. The molecule has 0 aromatic carbocycles. The number of nitrogens with two attached hydrogens (primary N) is 1. The Kier molecular flexibility index (Phi) is 3.64. The number of nitrogens with zero attached hydrogens (tertiary/aromatic N) is 2. The summed E-state index contributed by atoms with van der Waals surface area (Å²) in [6.45, 7) is 4.33. The molecule has 7 heteroatoms. The quantitative estimate of drug-likeness (QED) is 0.689. The first-order chi connectivity index (χ1) is 9.31. The van der Waals surface area contributed by atoms with Crippen LogP contribution >= 0.6 is 0 Å². The van der Waals surface area contributed by atoms with Gasteiger partial charge < -0.3 is 16.2 Å². The molecule has 1 heterocycles. The van der Waals surface area contributed by atoms with E-state index in [1.54, 1.807) is 0 Å². The second-order valence-electron chi connectivity index (χ2n) is 5.97. The summed E-state index contributed by atoms with van der Waals surface area (Å²) < 4.78 is 2.45. The van der Waals surface area contributed by atoms with Gasteiger partial charge in [-0.05, 0) is 18.8 Å². The number of aromatic nitrogens is 2. The predicted molar refractivity (Wildman–Crippen MR) is 77.9 cm³/mol. The number of aliphatic hydroxyl groups is 1. The van der Waals surface area contributed by atoms with E-state index in [9.17, 15) is 14.7 Å². The minimum absolute atomic E-state index is 0.0566. The van der Waals surface area contributed by atoms with Crippen LogP contribution in [0.2, 0.25) is 0 Å². The van der Waals surface area contributed by atoms with Gasteiger partial charge in [0.1, 0.15) is 11.5 Å². The van der Waals surface area contributed by atoms with Crippen molar-refractivity contribution in [2.75, 3.05) is 17.7 Å². The minimum atomic E-state index is -0.458. The summed E-state index contributed by atoms with van der Waals surface area (Å²) in [5.74, 6) is 0.375. The Morgan fingerprint density at radius 3 is 2.45 bits per heavy atom. The van der Waals surface area contributed by atoms with Gasteiger partial charge in [0.05, 0.1) is 12.1 Å². The maximum Gasteiger partial charge on any atom is 0.332 e. The maximum absolute atomic E-state index is 12.2. The molecule has 0 bridgehead atoms. The predicted octanol–water partition coefficient (Wildman–Crippen LogP) is -0.278. The minimum Gasteiger partial charge on any atom is -0.394 e. The number of rotatable bonds is 5. The molecule has 20 heavy (non-hydrogen) atoms. The van der Waals surface area contributed by atoms with E-state index in [1.165, 1.54) is 11.6 Å². The molecule has 7 nitrogen and oxygen atoms in total. The summed E-state index contributed by atoms with van der Waals surface area (Å²) in [4.78, 5) is 24.3. The lowest BCUT2D eigenvalue weighted by molar-refractivity contribution is 0.266. The molecule has 1 aromatic heterocycles. The fourth-order valence-corrected chi connectivity index (χ4v) is 2.18. The van der Waals surface area contributed by atoms with Crippen LogP contribution in [0, 0.1) is 5.92 Å². The number of nitrogens with one attached hydrogen (secondary N) is 1. The molecule has 1 aliphatic rings. The standard InChI is InChI=1S/C13H22N4O3/c1-8(2)6-17-10(14)9(11(19)16(3)12(17)20)15-13(7-18)4-5-13/h8,15,18H,4-7,14H2,1-3H3. The van der Waals surface area contributed by atoms with Crippen LogP contribution in [0.1, 0.15) is 26.7 Å². The molecule has 1 fully saturated rings. The van der Waals surface area contributed by atoms with Crippen LogP contribution in [-0.2, 0) is 13.6 Å². The van der Waals surface area contributed by atoms with Crippen molar-refractivity contribution in [1.29, 1.82) is 0 Å². The summed E-state index contributed by atoms with van der Waals surface area (Å²) in [6.07, 6.45) is 1.57. The highest BCUT2D eigenvalue weighted by Crippen LogP contribution is 2.38. The Bertz CT molecular complexity index is 626. The molecule has 1 aromatic rings. The number of nitrogen functional groups attached to an aromatic ring is 1. The Morgan fingerprint density at radius 1 is 1.40 bits per heavy atom. The van der Waals surface area contributed by atoms with Gasteiger partial charge in [-0.3, -0.25) is 13.9 Å². The molecule has 0 saturated heterocycles. The van der Waals surface area contributed by atoms with Crippen LogP contribution in [0.4, 0.5) is 11.5 Å². The molecule has 4 N–H and O–H groups in total. The van der Waals surface area contributed by atoms with Crippen LogP contribution in [0.3, 0.4) is 0 Å².